The second kappa shape index (κ2) is 7.25. The van der Waals surface area contributed by atoms with Crippen LogP contribution in [0, 0.1) is 12.7 Å². The lowest BCUT2D eigenvalue weighted by molar-refractivity contribution is -0.0548. The SMILES string of the molecule is Cc1c(-c2onc(-c3c(F)cccc3Cl)c2-c2ccncn2)cnn1[C@H]1C[C@@](C)(O)C1. The zero-order chi connectivity index (χ0) is 21.8. The molecule has 1 saturated carbocycles. The van der Waals surface area contributed by atoms with Gasteiger partial charge in [0, 0.05) is 11.9 Å². The molecule has 4 aromatic rings. The highest BCUT2D eigenvalue weighted by molar-refractivity contribution is 6.33. The second-order valence-corrected chi connectivity index (χ2v) is 8.48. The van der Waals surface area contributed by atoms with Crippen LogP contribution >= 0.6 is 11.6 Å². The van der Waals surface area contributed by atoms with Crippen molar-refractivity contribution in [1.82, 2.24) is 24.9 Å². The Morgan fingerprint density at radius 3 is 2.74 bits per heavy atom. The molecular formula is C22H19ClFN5O2. The summed E-state index contributed by atoms with van der Waals surface area (Å²) in [5.74, 6) is -0.0883. The minimum atomic E-state index is -0.670. The number of nitrogens with zero attached hydrogens (tertiary/aromatic N) is 5. The van der Waals surface area contributed by atoms with Gasteiger partial charge in [0.2, 0.25) is 0 Å². The topological polar surface area (TPSA) is 89.9 Å². The van der Waals surface area contributed by atoms with Crippen LogP contribution < -0.4 is 0 Å². The van der Waals surface area contributed by atoms with Gasteiger partial charge in [-0.2, -0.15) is 5.10 Å². The van der Waals surface area contributed by atoms with Crippen molar-refractivity contribution >= 4 is 11.6 Å². The molecule has 1 fully saturated rings. The molecule has 7 nitrogen and oxygen atoms in total. The molecule has 31 heavy (non-hydrogen) atoms. The highest BCUT2D eigenvalue weighted by Gasteiger charge is 2.41. The van der Waals surface area contributed by atoms with Crippen LogP contribution in [0.25, 0.3) is 33.8 Å². The molecular weight excluding hydrogens is 421 g/mol. The monoisotopic (exact) mass is 439 g/mol. The lowest BCUT2D eigenvalue weighted by Gasteiger charge is -2.41. The van der Waals surface area contributed by atoms with Crippen LogP contribution in [0.5, 0.6) is 0 Å². The molecule has 1 aromatic carbocycles. The summed E-state index contributed by atoms with van der Waals surface area (Å²) in [7, 11) is 0. The van der Waals surface area contributed by atoms with Crippen LogP contribution in [0.15, 0.2) is 47.5 Å². The normalized spacial score (nSPS) is 20.6. The average molecular weight is 440 g/mol. The van der Waals surface area contributed by atoms with E-state index in [0.29, 0.717) is 35.4 Å². The summed E-state index contributed by atoms with van der Waals surface area (Å²) in [5.41, 5.74) is 2.35. The summed E-state index contributed by atoms with van der Waals surface area (Å²) in [6.07, 6.45) is 5.95. The second-order valence-electron chi connectivity index (χ2n) is 8.07. The van der Waals surface area contributed by atoms with Gasteiger partial charge in [0.1, 0.15) is 17.8 Å². The molecule has 0 aliphatic heterocycles. The fourth-order valence-electron chi connectivity index (χ4n) is 4.19. The molecule has 0 spiro atoms. The maximum Gasteiger partial charge on any atom is 0.180 e. The Morgan fingerprint density at radius 1 is 1.26 bits per heavy atom. The maximum atomic E-state index is 14.7. The van der Waals surface area contributed by atoms with Crippen molar-refractivity contribution in [2.45, 2.75) is 38.3 Å². The highest BCUT2D eigenvalue weighted by Crippen LogP contribution is 2.45. The summed E-state index contributed by atoms with van der Waals surface area (Å²) >= 11 is 6.31. The average Bonchev–Trinajstić information content (AvgIpc) is 3.30. The third-order valence-corrected chi connectivity index (χ3v) is 6.03. The predicted molar refractivity (Wildman–Crippen MR) is 113 cm³/mol. The number of aromatic nitrogens is 5. The van der Waals surface area contributed by atoms with Gasteiger partial charge in [0.05, 0.1) is 45.2 Å². The van der Waals surface area contributed by atoms with Gasteiger partial charge in [-0.1, -0.05) is 22.8 Å². The Hall–Kier alpha value is -3.10. The van der Waals surface area contributed by atoms with E-state index in [1.54, 1.807) is 24.5 Å². The Balaban J connectivity index is 1.68. The molecule has 1 aliphatic rings. The van der Waals surface area contributed by atoms with Crippen LogP contribution in [0.2, 0.25) is 5.02 Å². The van der Waals surface area contributed by atoms with Crippen LogP contribution in [0.3, 0.4) is 0 Å². The van der Waals surface area contributed by atoms with E-state index in [4.69, 9.17) is 16.1 Å². The number of halogens is 2. The molecule has 0 unspecified atom stereocenters. The van der Waals surface area contributed by atoms with Crippen molar-refractivity contribution in [2.75, 3.05) is 0 Å². The summed E-state index contributed by atoms with van der Waals surface area (Å²) in [6.45, 7) is 3.74. The van der Waals surface area contributed by atoms with Crippen LogP contribution in [-0.2, 0) is 0 Å². The van der Waals surface area contributed by atoms with Gasteiger partial charge in [0.25, 0.3) is 0 Å². The summed E-state index contributed by atoms with van der Waals surface area (Å²) in [4.78, 5) is 8.30. The van der Waals surface area contributed by atoms with Crippen molar-refractivity contribution in [2.24, 2.45) is 0 Å². The first-order valence-electron chi connectivity index (χ1n) is 9.83. The summed E-state index contributed by atoms with van der Waals surface area (Å²) in [6, 6.07) is 6.27. The number of aliphatic hydroxyl groups is 1. The Labute approximate surface area is 182 Å². The third-order valence-electron chi connectivity index (χ3n) is 5.72. The molecule has 0 bridgehead atoms. The van der Waals surface area contributed by atoms with E-state index in [1.165, 1.54) is 18.5 Å². The largest absolute Gasteiger partial charge is 0.390 e. The molecule has 1 N–H and O–H groups in total. The van der Waals surface area contributed by atoms with E-state index in [0.717, 1.165) is 5.69 Å². The number of hydrogen-bond donors (Lipinski definition) is 1. The lowest BCUT2D eigenvalue weighted by Crippen LogP contribution is -2.42. The molecule has 3 heterocycles. The number of hydrogen-bond acceptors (Lipinski definition) is 6. The van der Waals surface area contributed by atoms with Crippen molar-refractivity contribution in [3.05, 3.63) is 59.5 Å². The van der Waals surface area contributed by atoms with Crippen molar-refractivity contribution in [3.63, 3.8) is 0 Å². The fraction of sp³-hybridized carbons (Fsp3) is 0.273. The minimum Gasteiger partial charge on any atom is -0.390 e. The van der Waals surface area contributed by atoms with Crippen molar-refractivity contribution in [1.29, 1.82) is 0 Å². The van der Waals surface area contributed by atoms with Crippen molar-refractivity contribution in [3.8, 4) is 33.8 Å². The highest BCUT2D eigenvalue weighted by atomic mass is 35.5. The third kappa shape index (κ3) is 3.32. The van der Waals surface area contributed by atoms with Gasteiger partial charge in [-0.15, -0.1) is 0 Å². The quantitative estimate of drug-likeness (QED) is 0.489. The number of benzene rings is 1. The van der Waals surface area contributed by atoms with Gasteiger partial charge in [-0.25, -0.2) is 14.4 Å². The molecule has 9 heteroatoms. The number of rotatable bonds is 4. The van der Waals surface area contributed by atoms with Gasteiger partial charge in [-0.3, -0.25) is 4.68 Å². The predicted octanol–water partition coefficient (Wildman–Crippen LogP) is 4.85. The Bertz CT molecular complexity index is 1240. The molecule has 0 atom stereocenters. The minimum absolute atomic E-state index is 0.106. The first-order valence-corrected chi connectivity index (χ1v) is 10.2. The van der Waals surface area contributed by atoms with E-state index in [1.807, 2.05) is 18.5 Å². The molecule has 0 amide bonds. The first-order chi connectivity index (χ1) is 14.9. The molecule has 0 saturated heterocycles. The summed E-state index contributed by atoms with van der Waals surface area (Å²) in [5, 5.41) is 19.0. The van der Waals surface area contributed by atoms with Crippen LogP contribution in [-0.4, -0.2) is 35.6 Å². The van der Waals surface area contributed by atoms with Crippen molar-refractivity contribution < 1.29 is 14.0 Å². The van der Waals surface area contributed by atoms with Gasteiger partial charge < -0.3 is 9.63 Å². The van der Waals surface area contributed by atoms with E-state index < -0.39 is 11.4 Å². The standard InChI is InChI=1S/C22H19ClFN5O2/c1-12-14(10-27-29(12)13-8-22(2,30)9-13)21-19(17-6-7-25-11-26-17)20(28-31-21)18-15(23)4-3-5-16(18)24/h3-7,10-11,13,30H,8-9H2,1-2H3/t13-,22+. The van der Waals surface area contributed by atoms with E-state index >= 15 is 0 Å². The molecule has 1 aliphatic carbocycles. The fourth-order valence-corrected chi connectivity index (χ4v) is 4.44. The Morgan fingerprint density at radius 2 is 2.06 bits per heavy atom. The Kier molecular flexibility index (Phi) is 4.64. The summed E-state index contributed by atoms with van der Waals surface area (Å²) < 4.78 is 22.3. The lowest BCUT2D eigenvalue weighted by atomic mass is 9.77. The maximum absolute atomic E-state index is 14.7. The van der Waals surface area contributed by atoms with E-state index in [-0.39, 0.29) is 22.3 Å². The van der Waals surface area contributed by atoms with Gasteiger partial charge in [0.15, 0.2) is 5.76 Å². The smallest absolute Gasteiger partial charge is 0.180 e. The molecule has 158 valence electrons. The van der Waals surface area contributed by atoms with Crippen LogP contribution in [0.4, 0.5) is 4.39 Å². The van der Waals surface area contributed by atoms with Gasteiger partial charge in [-0.05, 0) is 44.9 Å². The zero-order valence-corrected chi connectivity index (χ0v) is 17.6. The van der Waals surface area contributed by atoms with Gasteiger partial charge >= 0.3 is 0 Å². The zero-order valence-electron chi connectivity index (χ0n) is 16.9. The first kappa shape index (κ1) is 19.8. The van der Waals surface area contributed by atoms with Crippen LogP contribution in [0.1, 0.15) is 31.5 Å². The molecule has 5 rings (SSSR count). The molecule has 3 aromatic heterocycles. The van der Waals surface area contributed by atoms with E-state index in [9.17, 15) is 9.50 Å². The van der Waals surface area contributed by atoms with E-state index in [2.05, 4.69) is 20.2 Å². The molecule has 0 radical (unpaired) electrons.